The van der Waals surface area contributed by atoms with E-state index in [1.807, 2.05) is 0 Å². The maximum absolute atomic E-state index is 10.4. The molecule has 0 radical (unpaired) electrons. The number of benzene rings is 2. The van der Waals surface area contributed by atoms with Gasteiger partial charge in [0.1, 0.15) is 11.8 Å². The summed E-state index contributed by atoms with van der Waals surface area (Å²) in [6, 6.07) is 14.0. The third-order valence-corrected chi connectivity index (χ3v) is 3.08. The second-order valence-corrected chi connectivity index (χ2v) is 4.76. The molecule has 0 spiro atoms. The maximum Gasteiger partial charge on any atom is 0.320 e. The fourth-order valence-electron chi connectivity index (χ4n) is 1.81. The van der Waals surface area contributed by atoms with Gasteiger partial charge in [0.2, 0.25) is 0 Å². The molecule has 0 heterocycles. The Morgan fingerprint density at radius 2 is 1.65 bits per heavy atom. The van der Waals surface area contributed by atoms with Crippen molar-refractivity contribution in [1.82, 2.24) is 0 Å². The van der Waals surface area contributed by atoms with Crippen LogP contribution in [0.3, 0.4) is 0 Å². The van der Waals surface area contributed by atoms with E-state index in [1.54, 1.807) is 12.1 Å². The Morgan fingerprint density at radius 3 is 2.10 bits per heavy atom. The van der Waals surface area contributed by atoms with E-state index in [1.165, 1.54) is 29.7 Å². The highest BCUT2D eigenvalue weighted by molar-refractivity contribution is 5.73. The number of fused-ring (bicyclic) bond motifs is 1. The molecule has 0 saturated heterocycles. The Bertz CT molecular complexity index is 572. The number of hydrogen-bond acceptors (Lipinski definition) is 3. The van der Waals surface area contributed by atoms with Crippen LogP contribution in [0, 0.1) is 0 Å². The van der Waals surface area contributed by atoms with E-state index in [0.29, 0.717) is 0 Å². The van der Waals surface area contributed by atoms with Crippen LogP contribution >= 0.6 is 0 Å². The molecule has 1 aliphatic carbocycles. The molecule has 4 nitrogen and oxygen atoms in total. The summed E-state index contributed by atoms with van der Waals surface area (Å²) in [7, 11) is 0. The molecular formula is C16H17NO3. The highest BCUT2D eigenvalue weighted by Gasteiger charge is 2.12. The number of aromatic hydroxyl groups is 1. The van der Waals surface area contributed by atoms with E-state index in [-0.39, 0.29) is 12.2 Å². The van der Waals surface area contributed by atoms with Crippen molar-refractivity contribution < 1.29 is 15.0 Å². The van der Waals surface area contributed by atoms with E-state index >= 15 is 0 Å². The molecule has 0 bridgehead atoms. The lowest BCUT2D eigenvalue weighted by molar-refractivity contribution is -0.138. The molecule has 1 atom stereocenters. The lowest BCUT2D eigenvalue weighted by Gasteiger charge is -2.05. The zero-order valence-electron chi connectivity index (χ0n) is 11.0. The largest absolute Gasteiger partial charge is 0.508 e. The van der Waals surface area contributed by atoms with Gasteiger partial charge in [0.15, 0.2) is 0 Å². The van der Waals surface area contributed by atoms with Crippen LogP contribution in [0.4, 0.5) is 0 Å². The van der Waals surface area contributed by atoms with Gasteiger partial charge in [-0.2, -0.15) is 0 Å². The van der Waals surface area contributed by atoms with Crippen LogP contribution in [0.1, 0.15) is 16.7 Å². The molecular weight excluding hydrogens is 254 g/mol. The van der Waals surface area contributed by atoms with Gasteiger partial charge in [0.25, 0.3) is 0 Å². The van der Waals surface area contributed by atoms with Crippen molar-refractivity contribution in [2.24, 2.45) is 5.73 Å². The van der Waals surface area contributed by atoms with Crippen LogP contribution in [0.5, 0.6) is 5.75 Å². The predicted molar refractivity (Wildman–Crippen MR) is 76.7 cm³/mol. The Morgan fingerprint density at radius 1 is 1.10 bits per heavy atom. The summed E-state index contributed by atoms with van der Waals surface area (Å²) < 4.78 is 0. The summed E-state index contributed by atoms with van der Waals surface area (Å²) >= 11 is 0. The lowest BCUT2D eigenvalue weighted by atomic mass is 10.1. The van der Waals surface area contributed by atoms with Crippen molar-refractivity contribution in [3.63, 3.8) is 0 Å². The van der Waals surface area contributed by atoms with Crippen molar-refractivity contribution in [3.8, 4) is 5.75 Å². The molecule has 0 fully saturated rings. The van der Waals surface area contributed by atoms with Crippen LogP contribution < -0.4 is 5.73 Å². The van der Waals surface area contributed by atoms with Crippen molar-refractivity contribution in [3.05, 3.63) is 65.2 Å². The number of phenolic OH excluding ortho intramolecular Hbond substituents is 1. The first-order valence-corrected chi connectivity index (χ1v) is 6.39. The average Bonchev–Trinajstić information content (AvgIpc) is 3.21. The fraction of sp³-hybridized carbons (Fsp3) is 0.188. The molecule has 0 aliphatic heterocycles. The SMILES string of the molecule is N[C@@H](Cc1ccc(O)cc1)C(=O)O.c1ccc2c(c1)C2. The molecule has 104 valence electrons. The normalized spacial score (nSPS) is 12.7. The van der Waals surface area contributed by atoms with E-state index < -0.39 is 12.0 Å². The van der Waals surface area contributed by atoms with Crippen LogP contribution in [-0.4, -0.2) is 22.2 Å². The highest BCUT2D eigenvalue weighted by Crippen LogP contribution is 2.25. The molecule has 0 unspecified atom stereocenters. The van der Waals surface area contributed by atoms with Crippen molar-refractivity contribution in [2.75, 3.05) is 0 Å². The topological polar surface area (TPSA) is 83.5 Å². The summed E-state index contributed by atoms with van der Waals surface area (Å²) in [6.07, 6.45) is 1.52. The summed E-state index contributed by atoms with van der Waals surface area (Å²) in [5.41, 5.74) is 9.18. The van der Waals surface area contributed by atoms with Gasteiger partial charge in [-0.05, 0) is 41.7 Å². The summed E-state index contributed by atoms with van der Waals surface area (Å²) in [4.78, 5) is 10.4. The van der Waals surface area contributed by atoms with Crippen LogP contribution in [0.2, 0.25) is 0 Å². The summed E-state index contributed by atoms with van der Waals surface area (Å²) in [5.74, 6) is -0.860. The highest BCUT2D eigenvalue weighted by atomic mass is 16.4. The van der Waals surface area contributed by atoms with Crippen LogP contribution in [-0.2, 0) is 17.6 Å². The summed E-state index contributed by atoms with van der Waals surface area (Å²) in [5, 5.41) is 17.5. The van der Waals surface area contributed by atoms with Crippen LogP contribution in [0.15, 0.2) is 48.5 Å². The van der Waals surface area contributed by atoms with Crippen molar-refractivity contribution >= 4 is 5.97 Å². The number of aliphatic carboxylic acids is 1. The van der Waals surface area contributed by atoms with Crippen molar-refractivity contribution in [1.29, 1.82) is 0 Å². The Hall–Kier alpha value is -2.33. The number of carbonyl (C=O) groups is 1. The van der Waals surface area contributed by atoms with E-state index in [2.05, 4.69) is 24.3 Å². The number of carboxylic acid groups (broad SMARTS) is 1. The van der Waals surface area contributed by atoms with Crippen molar-refractivity contribution in [2.45, 2.75) is 18.9 Å². The van der Waals surface area contributed by atoms with Gasteiger partial charge in [-0.25, -0.2) is 0 Å². The van der Waals surface area contributed by atoms with Gasteiger partial charge in [-0.3, -0.25) is 4.79 Å². The third kappa shape index (κ3) is 4.10. The van der Waals surface area contributed by atoms with Crippen LogP contribution in [0.25, 0.3) is 0 Å². The maximum atomic E-state index is 10.4. The minimum atomic E-state index is -1.02. The molecule has 0 saturated carbocycles. The first-order chi connectivity index (χ1) is 9.56. The smallest absolute Gasteiger partial charge is 0.320 e. The Labute approximate surface area is 117 Å². The number of carboxylic acids is 1. The number of rotatable bonds is 3. The standard InChI is InChI=1S/C9H11NO3.C7H6/c10-8(9(12)13)5-6-1-3-7(11)4-2-6;1-2-4-7-5-6(7)3-1/h1-4,8,11H,5,10H2,(H,12,13);1-4H,5H2/t8-;/m0./s1. The molecule has 4 heteroatoms. The zero-order valence-corrected chi connectivity index (χ0v) is 11.0. The summed E-state index contributed by atoms with van der Waals surface area (Å²) in [6.45, 7) is 0. The second-order valence-electron chi connectivity index (χ2n) is 4.76. The molecule has 1 aliphatic rings. The van der Waals surface area contributed by atoms with Gasteiger partial charge in [-0.1, -0.05) is 36.4 Å². The predicted octanol–water partition coefficient (Wildman–Crippen LogP) is 1.94. The fourth-order valence-corrected chi connectivity index (χ4v) is 1.81. The molecule has 2 aromatic rings. The van der Waals surface area contributed by atoms with Gasteiger partial charge < -0.3 is 15.9 Å². The van der Waals surface area contributed by atoms with Gasteiger partial charge in [-0.15, -0.1) is 0 Å². The number of phenols is 1. The zero-order chi connectivity index (χ0) is 14.5. The monoisotopic (exact) mass is 271 g/mol. The minimum Gasteiger partial charge on any atom is -0.508 e. The molecule has 0 aromatic heterocycles. The van der Waals surface area contributed by atoms with E-state index in [4.69, 9.17) is 15.9 Å². The lowest BCUT2D eigenvalue weighted by Crippen LogP contribution is -2.32. The van der Waals surface area contributed by atoms with E-state index in [0.717, 1.165) is 5.56 Å². The molecule has 0 amide bonds. The minimum absolute atomic E-state index is 0.160. The Kier molecular flexibility index (Phi) is 4.38. The van der Waals surface area contributed by atoms with Gasteiger partial charge in [0.05, 0.1) is 0 Å². The third-order valence-electron chi connectivity index (χ3n) is 3.08. The second kappa shape index (κ2) is 6.21. The molecule has 20 heavy (non-hydrogen) atoms. The van der Waals surface area contributed by atoms with Gasteiger partial charge in [0, 0.05) is 0 Å². The molecule has 4 N–H and O–H groups in total. The van der Waals surface area contributed by atoms with Gasteiger partial charge >= 0.3 is 5.97 Å². The molecule has 3 rings (SSSR count). The average molecular weight is 271 g/mol. The van der Waals surface area contributed by atoms with E-state index in [9.17, 15) is 4.79 Å². The first-order valence-electron chi connectivity index (χ1n) is 6.39. The number of nitrogens with two attached hydrogens (primary N) is 1. The quantitative estimate of drug-likeness (QED) is 0.679. The number of hydrogen-bond donors (Lipinski definition) is 3. The molecule has 2 aromatic carbocycles. The Balaban J connectivity index is 0.000000173. The first kappa shape index (κ1) is 14.1.